The molecule has 0 bridgehead atoms. The number of allylic oxidation sites excluding steroid dienone is 4. The molecule has 6 heteroatoms. The first-order valence-electron chi connectivity index (χ1n) is 38.1. The van der Waals surface area contributed by atoms with Crippen molar-refractivity contribution >= 4 is 11.9 Å². The van der Waals surface area contributed by atoms with Crippen LogP contribution >= 0.6 is 0 Å². The molecule has 0 spiro atoms. The lowest BCUT2D eigenvalue weighted by molar-refractivity contribution is -0.143. The standard InChI is InChI=1S/C77H149NO5/c1-3-5-7-9-11-13-15-17-19-21-22-23-24-26-29-32-35-38-41-45-49-53-57-61-65-69-75(80)74(73-79)78-76(81)70-66-62-58-54-50-46-42-39-36-33-30-27-25-28-31-34-37-40-44-48-52-56-60-64-68-72-83-77(82)71-67-63-59-55-51-47-43-20-18-16-14-12-10-8-6-4-2/h14,16,20,43,74-75,79-80H,3-13,15,17-19,21-42,44-73H2,1-2H3,(H,78,81)/b16-14-,43-20-. The van der Waals surface area contributed by atoms with Crippen LogP contribution in [-0.2, 0) is 14.3 Å². The zero-order valence-electron chi connectivity index (χ0n) is 56.5. The zero-order chi connectivity index (χ0) is 59.9. The van der Waals surface area contributed by atoms with Crippen LogP contribution in [0.1, 0.15) is 431 Å². The molecule has 0 aromatic rings. The summed E-state index contributed by atoms with van der Waals surface area (Å²) >= 11 is 0. The number of aliphatic hydroxyl groups excluding tert-OH is 2. The van der Waals surface area contributed by atoms with Gasteiger partial charge in [-0.25, -0.2) is 0 Å². The molecule has 0 aliphatic heterocycles. The van der Waals surface area contributed by atoms with Crippen molar-refractivity contribution in [1.82, 2.24) is 5.32 Å². The summed E-state index contributed by atoms with van der Waals surface area (Å²) in [5.41, 5.74) is 0. The van der Waals surface area contributed by atoms with Gasteiger partial charge in [-0.2, -0.15) is 0 Å². The predicted octanol–water partition coefficient (Wildman–Crippen LogP) is 24.9. The van der Waals surface area contributed by atoms with Gasteiger partial charge in [-0.3, -0.25) is 9.59 Å². The number of hydrogen-bond acceptors (Lipinski definition) is 5. The maximum atomic E-state index is 12.6. The van der Waals surface area contributed by atoms with Crippen molar-refractivity contribution in [1.29, 1.82) is 0 Å². The fourth-order valence-electron chi connectivity index (χ4n) is 12.2. The van der Waals surface area contributed by atoms with Crippen molar-refractivity contribution in [3.63, 3.8) is 0 Å². The Balaban J connectivity index is 3.36. The molecule has 0 aromatic carbocycles. The lowest BCUT2D eigenvalue weighted by Gasteiger charge is -2.22. The van der Waals surface area contributed by atoms with E-state index in [-0.39, 0.29) is 18.5 Å². The van der Waals surface area contributed by atoms with Crippen LogP contribution in [0.2, 0.25) is 0 Å². The van der Waals surface area contributed by atoms with Gasteiger partial charge in [-0.1, -0.05) is 385 Å². The van der Waals surface area contributed by atoms with Gasteiger partial charge in [0.05, 0.1) is 25.4 Å². The molecule has 0 aromatic heterocycles. The number of carbonyl (C=O) groups excluding carboxylic acids is 2. The van der Waals surface area contributed by atoms with Gasteiger partial charge in [-0.05, 0) is 57.8 Å². The normalized spacial score (nSPS) is 12.6. The molecule has 0 saturated carbocycles. The molecular weight excluding hydrogens is 1020 g/mol. The van der Waals surface area contributed by atoms with Crippen molar-refractivity contribution in [2.24, 2.45) is 0 Å². The Kier molecular flexibility index (Phi) is 71.4. The lowest BCUT2D eigenvalue weighted by atomic mass is 10.0. The first-order valence-corrected chi connectivity index (χ1v) is 38.1. The smallest absolute Gasteiger partial charge is 0.305 e. The first kappa shape index (κ1) is 81.3. The van der Waals surface area contributed by atoms with E-state index in [1.807, 2.05) is 0 Å². The predicted molar refractivity (Wildman–Crippen MR) is 366 cm³/mol. The van der Waals surface area contributed by atoms with E-state index in [1.54, 1.807) is 0 Å². The van der Waals surface area contributed by atoms with E-state index in [9.17, 15) is 19.8 Å². The molecule has 0 aliphatic carbocycles. The SMILES string of the molecule is CCCCCC/C=C\C/C=C\CCCCCCCC(=O)OCCCCCCCCCCCCCCCCCCCCCCCCCCCC(=O)NC(CO)C(O)CCCCCCCCCCCCCCCCCCCCCCCCCCC. The fourth-order valence-corrected chi connectivity index (χ4v) is 12.2. The Morgan fingerprint density at radius 2 is 0.602 bits per heavy atom. The monoisotopic (exact) mass is 1170 g/mol. The third-order valence-corrected chi connectivity index (χ3v) is 18.0. The molecule has 2 atom stereocenters. The van der Waals surface area contributed by atoms with Crippen molar-refractivity contribution in [2.45, 2.75) is 443 Å². The summed E-state index contributed by atoms with van der Waals surface area (Å²) in [5, 5.41) is 23.5. The second-order valence-corrected chi connectivity index (χ2v) is 26.3. The largest absolute Gasteiger partial charge is 0.466 e. The topological polar surface area (TPSA) is 95.9 Å². The molecule has 0 radical (unpaired) electrons. The van der Waals surface area contributed by atoms with E-state index in [4.69, 9.17) is 4.74 Å². The Bertz CT molecular complexity index is 1300. The molecule has 3 N–H and O–H groups in total. The highest BCUT2D eigenvalue weighted by molar-refractivity contribution is 5.76. The number of amides is 1. The van der Waals surface area contributed by atoms with Crippen molar-refractivity contribution < 1.29 is 24.5 Å². The Morgan fingerprint density at radius 1 is 0.337 bits per heavy atom. The number of carbonyl (C=O) groups is 2. The summed E-state index contributed by atoms with van der Waals surface area (Å²) in [7, 11) is 0. The second-order valence-electron chi connectivity index (χ2n) is 26.3. The van der Waals surface area contributed by atoms with Gasteiger partial charge in [0, 0.05) is 12.8 Å². The number of unbranched alkanes of at least 4 members (excludes halogenated alkanes) is 57. The van der Waals surface area contributed by atoms with Crippen LogP contribution in [0.4, 0.5) is 0 Å². The van der Waals surface area contributed by atoms with Crippen LogP contribution < -0.4 is 5.32 Å². The Hall–Kier alpha value is -1.66. The summed E-state index contributed by atoms with van der Waals surface area (Å²) < 4.78 is 5.49. The highest BCUT2D eigenvalue weighted by Gasteiger charge is 2.20. The van der Waals surface area contributed by atoms with Crippen LogP contribution in [-0.4, -0.2) is 47.4 Å². The Labute approximate surface area is 520 Å². The highest BCUT2D eigenvalue weighted by atomic mass is 16.5. The van der Waals surface area contributed by atoms with Crippen LogP contribution in [0.3, 0.4) is 0 Å². The summed E-state index contributed by atoms with van der Waals surface area (Å²) in [6.45, 7) is 4.98. The van der Waals surface area contributed by atoms with Gasteiger partial charge < -0.3 is 20.3 Å². The van der Waals surface area contributed by atoms with Crippen molar-refractivity contribution in [3.05, 3.63) is 24.3 Å². The fraction of sp³-hybridized carbons (Fsp3) is 0.922. The number of hydrogen-bond donors (Lipinski definition) is 3. The quantitative estimate of drug-likeness (QED) is 0.0320. The van der Waals surface area contributed by atoms with E-state index in [0.29, 0.717) is 25.9 Å². The van der Waals surface area contributed by atoms with E-state index in [0.717, 1.165) is 51.4 Å². The third-order valence-electron chi connectivity index (χ3n) is 18.0. The zero-order valence-corrected chi connectivity index (χ0v) is 56.5. The van der Waals surface area contributed by atoms with Crippen LogP contribution in [0.25, 0.3) is 0 Å². The molecule has 6 nitrogen and oxygen atoms in total. The van der Waals surface area contributed by atoms with Gasteiger partial charge in [0.1, 0.15) is 0 Å². The van der Waals surface area contributed by atoms with Gasteiger partial charge >= 0.3 is 5.97 Å². The van der Waals surface area contributed by atoms with Gasteiger partial charge in [-0.15, -0.1) is 0 Å². The number of esters is 1. The number of ether oxygens (including phenoxy) is 1. The molecule has 1 amide bonds. The molecular formula is C77H149NO5. The van der Waals surface area contributed by atoms with E-state index < -0.39 is 12.1 Å². The average molecular weight is 1170 g/mol. The van der Waals surface area contributed by atoms with Gasteiger partial charge in [0.15, 0.2) is 0 Å². The highest BCUT2D eigenvalue weighted by Crippen LogP contribution is 2.20. The molecule has 0 fully saturated rings. The number of nitrogens with one attached hydrogen (secondary N) is 1. The van der Waals surface area contributed by atoms with Crippen molar-refractivity contribution in [3.8, 4) is 0 Å². The molecule has 492 valence electrons. The second kappa shape index (κ2) is 72.8. The molecule has 2 unspecified atom stereocenters. The minimum absolute atomic E-state index is 0.00408. The van der Waals surface area contributed by atoms with E-state index in [1.165, 1.54) is 347 Å². The average Bonchev–Trinajstić information content (AvgIpc) is 3.49. The van der Waals surface area contributed by atoms with Crippen molar-refractivity contribution in [2.75, 3.05) is 13.2 Å². The third kappa shape index (κ3) is 69.3. The Morgan fingerprint density at radius 3 is 0.928 bits per heavy atom. The molecule has 0 rings (SSSR count). The van der Waals surface area contributed by atoms with E-state index in [2.05, 4.69) is 43.5 Å². The molecule has 0 aliphatic rings. The lowest BCUT2D eigenvalue weighted by Crippen LogP contribution is -2.45. The van der Waals surface area contributed by atoms with Gasteiger partial charge in [0.2, 0.25) is 5.91 Å². The van der Waals surface area contributed by atoms with Crippen LogP contribution in [0.15, 0.2) is 24.3 Å². The molecule has 83 heavy (non-hydrogen) atoms. The number of rotatable bonds is 72. The van der Waals surface area contributed by atoms with Crippen LogP contribution in [0, 0.1) is 0 Å². The maximum Gasteiger partial charge on any atom is 0.305 e. The van der Waals surface area contributed by atoms with E-state index >= 15 is 0 Å². The maximum absolute atomic E-state index is 12.6. The minimum Gasteiger partial charge on any atom is -0.466 e. The molecule has 0 heterocycles. The summed E-state index contributed by atoms with van der Waals surface area (Å²) in [6, 6.07) is -0.542. The summed E-state index contributed by atoms with van der Waals surface area (Å²) in [6.07, 6.45) is 92.5. The minimum atomic E-state index is -0.665. The molecule has 0 saturated heterocycles. The summed E-state index contributed by atoms with van der Waals surface area (Å²) in [5.74, 6) is -0.0238. The first-order chi connectivity index (χ1) is 41.0. The summed E-state index contributed by atoms with van der Waals surface area (Å²) in [4.78, 5) is 24.7. The van der Waals surface area contributed by atoms with Gasteiger partial charge in [0.25, 0.3) is 0 Å². The number of aliphatic hydroxyl groups is 2. The van der Waals surface area contributed by atoms with Crippen LogP contribution in [0.5, 0.6) is 0 Å².